The first-order valence-electron chi connectivity index (χ1n) is 10.4. The number of benzene rings is 1. The summed E-state index contributed by atoms with van der Waals surface area (Å²) in [4.78, 5) is 2.23. The topological polar surface area (TPSA) is 15.3 Å². The van der Waals surface area contributed by atoms with E-state index < -0.39 is 11.6 Å². The second-order valence-corrected chi connectivity index (χ2v) is 7.06. The molecule has 1 N–H and O–H groups in total. The van der Waals surface area contributed by atoms with Crippen molar-refractivity contribution in [1.29, 1.82) is 0 Å². The molecule has 0 aromatic heterocycles. The molecule has 0 aliphatic carbocycles. The summed E-state index contributed by atoms with van der Waals surface area (Å²) in [6.07, 6.45) is 3.18. The molecule has 1 atom stereocenters. The van der Waals surface area contributed by atoms with Gasteiger partial charge in [0.25, 0.3) is 0 Å². The molecule has 1 unspecified atom stereocenters. The summed E-state index contributed by atoms with van der Waals surface area (Å²) >= 11 is 0. The van der Waals surface area contributed by atoms with Crippen molar-refractivity contribution in [3.63, 3.8) is 0 Å². The maximum absolute atomic E-state index is 13.1. The van der Waals surface area contributed by atoms with Crippen LogP contribution in [0.4, 0.5) is 14.5 Å². The first-order chi connectivity index (χ1) is 12.7. The lowest BCUT2D eigenvalue weighted by atomic mass is 10.2. The zero-order valence-corrected chi connectivity index (χ0v) is 18.8. The van der Waals surface area contributed by atoms with Crippen molar-refractivity contribution < 1.29 is 8.78 Å². The monoisotopic (exact) mass is 384 g/mol. The van der Waals surface area contributed by atoms with E-state index >= 15 is 0 Å². The molecular weight excluding hydrogens is 342 g/mol. The van der Waals surface area contributed by atoms with Gasteiger partial charge in [-0.25, -0.2) is 8.78 Å². The minimum atomic E-state index is -0.812. The summed E-state index contributed by atoms with van der Waals surface area (Å²) in [6, 6.07) is 4.18. The van der Waals surface area contributed by atoms with Gasteiger partial charge in [-0.1, -0.05) is 68.4 Å². The van der Waals surface area contributed by atoms with Gasteiger partial charge in [-0.15, -0.1) is 0 Å². The molecule has 1 aliphatic heterocycles. The van der Waals surface area contributed by atoms with Crippen molar-refractivity contribution in [2.45, 2.75) is 80.7 Å². The van der Waals surface area contributed by atoms with Crippen LogP contribution in [0, 0.1) is 17.6 Å². The SMILES string of the molecule is C=C(CC)N1CCC(Nc2ccc(F)c(F)c2)C1.CC.CC(C)C.CCC. The molecule has 0 saturated carbocycles. The van der Waals surface area contributed by atoms with E-state index in [2.05, 4.69) is 58.3 Å². The Morgan fingerprint density at radius 3 is 2.11 bits per heavy atom. The van der Waals surface area contributed by atoms with Gasteiger partial charge in [0.2, 0.25) is 0 Å². The molecule has 1 aromatic carbocycles. The van der Waals surface area contributed by atoms with Crippen LogP contribution in [0.15, 0.2) is 30.5 Å². The molecule has 4 heteroatoms. The number of halogens is 2. The normalized spacial score (nSPS) is 14.9. The molecule has 0 bridgehead atoms. The molecule has 158 valence electrons. The van der Waals surface area contributed by atoms with Crippen molar-refractivity contribution in [2.75, 3.05) is 18.4 Å². The quantitative estimate of drug-likeness (QED) is 0.579. The van der Waals surface area contributed by atoms with Crippen molar-refractivity contribution in [1.82, 2.24) is 4.90 Å². The van der Waals surface area contributed by atoms with E-state index in [1.807, 2.05) is 13.8 Å². The molecule has 1 aliphatic rings. The third-order valence-corrected chi connectivity index (χ3v) is 3.33. The van der Waals surface area contributed by atoms with Gasteiger partial charge in [0.05, 0.1) is 0 Å². The highest BCUT2D eigenvalue weighted by Gasteiger charge is 2.22. The van der Waals surface area contributed by atoms with Crippen LogP contribution in [-0.4, -0.2) is 24.0 Å². The smallest absolute Gasteiger partial charge is 0.160 e. The van der Waals surface area contributed by atoms with Gasteiger partial charge < -0.3 is 10.2 Å². The summed E-state index contributed by atoms with van der Waals surface area (Å²) in [6.45, 7) is 22.7. The number of likely N-dealkylation sites (tertiary alicyclic amines) is 1. The molecule has 0 spiro atoms. The zero-order chi connectivity index (χ0) is 21.4. The highest BCUT2D eigenvalue weighted by Crippen LogP contribution is 2.21. The summed E-state index contributed by atoms with van der Waals surface area (Å²) in [5.41, 5.74) is 1.76. The molecule has 27 heavy (non-hydrogen) atoms. The maximum atomic E-state index is 13.1. The molecule has 0 radical (unpaired) electrons. The van der Waals surface area contributed by atoms with Gasteiger partial charge >= 0.3 is 0 Å². The summed E-state index contributed by atoms with van der Waals surface area (Å²) < 4.78 is 25.9. The molecule has 2 rings (SSSR count). The number of hydrogen-bond acceptors (Lipinski definition) is 2. The Morgan fingerprint density at radius 2 is 1.67 bits per heavy atom. The summed E-state index contributed by atoms with van der Waals surface area (Å²) in [7, 11) is 0. The Bertz CT molecular complexity index is 498. The van der Waals surface area contributed by atoms with Crippen molar-refractivity contribution in [3.8, 4) is 0 Å². The first-order valence-corrected chi connectivity index (χ1v) is 10.4. The lowest BCUT2D eigenvalue weighted by Crippen LogP contribution is -2.25. The predicted octanol–water partition coefficient (Wildman–Crippen LogP) is 7.48. The van der Waals surface area contributed by atoms with Crippen molar-refractivity contribution in [2.24, 2.45) is 5.92 Å². The minimum Gasteiger partial charge on any atom is -0.380 e. The molecule has 1 heterocycles. The van der Waals surface area contributed by atoms with Crippen LogP contribution in [-0.2, 0) is 0 Å². The van der Waals surface area contributed by atoms with E-state index in [0.717, 1.165) is 43.6 Å². The number of hydrogen-bond donors (Lipinski definition) is 1. The van der Waals surface area contributed by atoms with E-state index in [1.54, 1.807) is 6.07 Å². The molecule has 0 amide bonds. The Hall–Kier alpha value is -1.58. The van der Waals surface area contributed by atoms with E-state index in [0.29, 0.717) is 5.69 Å². The van der Waals surface area contributed by atoms with E-state index in [4.69, 9.17) is 0 Å². The Morgan fingerprint density at radius 1 is 1.15 bits per heavy atom. The summed E-state index contributed by atoms with van der Waals surface area (Å²) in [5, 5.41) is 3.23. The maximum Gasteiger partial charge on any atom is 0.160 e. The van der Waals surface area contributed by atoms with Crippen LogP contribution in [0.1, 0.15) is 74.7 Å². The van der Waals surface area contributed by atoms with Crippen LogP contribution < -0.4 is 5.32 Å². The van der Waals surface area contributed by atoms with Crippen LogP contribution in [0.3, 0.4) is 0 Å². The van der Waals surface area contributed by atoms with Gasteiger partial charge in [0.1, 0.15) is 0 Å². The number of rotatable bonds is 4. The number of nitrogens with one attached hydrogen (secondary N) is 1. The predicted molar refractivity (Wildman–Crippen MR) is 117 cm³/mol. The fourth-order valence-corrected chi connectivity index (χ4v) is 2.21. The van der Waals surface area contributed by atoms with Crippen molar-refractivity contribution >= 4 is 5.69 Å². The lowest BCUT2D eigenvalue weighted by molar-refractivity contribution is 0.412. The average Bonchev–Trinajstić information content (AvgIpc) is 3.08. The Balaban J connectivity index is 0. The zero-order valence-electron chi connectivity index (χ0n) is 18.8. The number of nitrogens with zero attached hydrogens (tertiary/aromatic N) is 1. The minimum absolute atomic E-state index is 0.262. The van der Waals surface area contributed by atoms with E-state index in [-0.39, 0.29) is 6.04 Å². The standard InChI is InChI=1S/C14H18F2N2.C4H10.C3H8.C2H6/c1-3-10(2)18-7-6-12(9-18)17-11-4-5-13(15)14(16)8-11;1-4(2)3;1-3-2;1-2/h4-5,8,12,17H,2-3,6-7,9H2,1H3;4H,1-3H3;3H2,1-2H3;1-2H3. The Kier molecular flexibility index (Phi) is 17.0. The molecule has 1 aromatic rings. The van der Waals surface area contributed by atoms with Gasteiger partial charge in [-0.3, -0.25) is 0 Å². The Labute approximate surface area is 167 Å². The van der Waals surface area contributed by atoms with Crippen LogP contribution >= 0.6 is 0 Å². The molecule has 1 saturated heterocycles. The van der Waals surface area contributed by atoms with Gasteiger partial charge in [-0.2, -0.15) is 0 Å². The largest absolute Gasteiger partial charge is 0.380 e. The van der Waals surface area contributed by atoms with Crippen molar-refractivity contribution in [3.05, 3.63) is 42.1 Å². The third kappa shape index (κ3) is 13.3. The van der Waals surface area contributed by atoms with Crippen LogP contribution in [0.5, 0.6) is 0 Å². The van der Waals surface area contributed by atoms with Crippen LogP contribution in [0.25, 0.3) is 0 Å². The second-order valence-electron chi connectivity index (χ2n) is 7.06. The fourth-order valence-electron chi connectivity index (χ4n) is 2.21. The lowest BCUT2D eigenvalue weighted by Gasteiger charge is -2.20. The van der Waals surface area contributed by atoms with E-state index in [1.165, 1.54) is 12.5 Å². The third-order valence-electron chi connectivity index (χ3n) is 3.33. The molecule has 1 fully saturated rings. The molecular formula is C23H42F2N2. The van der Waals surface area contributed by atoms with Crippen LogP contribution in [0.2, 0.25) is 0 Å². The highest BCUT2D eigenvalue weighted by atomic mass is 19.2. The highest BCUT2D eigenvalue weighted by molar-refractivity contribution is 5.44. The fraction of sp³-hybridized carbons (Fsp3) is 0.652. The number of anilines is 1. The average molecular weight is 385 g/mol. The van der Waals surface area contributed by atoms with Gasteiger partial charge in [0.15, 0.2) is 11.6 Å². The second kappa shape index (κ2) is 16.6. The molecule has 2 nitrogen and oxygen atoms in total. The number of allylic oxidation sites excluding steroid dienone is 1. The van der Waals surface area contributed by atoms with Gasteiger partial charge in [-0.05, 0) is 30.9 Å². The first kappa shape index (κ1) is 27.6. The summed E-state index contributed by atoms with van der Waals surface area (Å²) in [5.74, 6) is -0.791. The van der Waals surface area contributed by atoms with E-state index in [9.17, 15) is 8.78 Å². The van der Waals surface area contributed by atoms with Gasteiger partial charge in [0, 0.05) is 36.6 Å².